The van der Waals surface area contributed by atoms with Crippen molar-refractivity contribution in [2.24, 2.45) is 17.8 Å². The van der Waals surface area contributed by atoms with E-state index < -0.39 is 35.7 Å². The van der Waals surface area contributed by atoms with Crippen molar-refractivity contribution in [3.63, 3.8) is 0 Å². The zero-order valence-corrected chi connectivity index (χ0v) is 11.8. The average Bonchev–Trinajstić information content (AvgIpc) is 2.67. The normalized spacial score (nSPS) is 26.2. The van der Waals surface area contributed by atoms with E-state index in [1.54, 1.807) is 13.8 Å². The van der Waals surface area contributed by atoms with E-state index in [0.29, 0.717) is 0 Å². The van der Waals surface area contributed by atoms with Gasteiger partial charge in [-0.15, -0.1) is 0 Å². The molecule has 1 aliphatic rings. The van der Waals surface area contributed by atoms with Gasteiger partial charge in [0.15, 0.2) is 0 Å². The van der Waals surface area contributed by atoms with E-state index in [1.807, 2.05) is 13.8 Å². The van der Waals surface area contributed by atoms with Crippen molar-refractivity contribution in [3.8, 4) is 0 Å². The molecule has 0 aliphatic carbocycles. The van der Waals surface area contributed by atoms with Crippen LogP contribution in [0, 0.1) is 17.8 Å². The maximum absolute atomic E-state index is 11.9. The van der Waals surface area contributed by atoms with Gasteiger partial charge in [-0.3, -0.25) is 9.59 Å². The summed E-state index contributed by atoms with van der Waals surface area (Å²) in [5, 5.41) is 2.54. The van der Waals surface area contributed by atoms with E-state index in [0.717, 1.165) is 0 Å². The largest absolute Gasteiger partial charge is 0.465 e. The molecular weight excluding hydrogens is 250 g/mol. The highest BCUT2D eigenvalue weighted by Crippen LogP contribution is 2.32. The van der Waals surface area contributed by atoms with Crippen molar-refractivity contribution in [3.05, 3.63) is 0 Å². The Bertz CT molecular complexity index is 366. The Kier molecular flexibility index (Phi) is 5.32. The van der Waals surface area contributed by atoms with Gasteiger partial charge in [0.05, 0.1) is 13.2 Å². The Morgan fingerprint density at radius 3 is 2.16 bits per heavy atom. The first-order chi connectivity index (χ1) is 8.93. The molecule has 1 aliphatic heterocycles. The molecule has 108 valence electrons. The van der Waals surface area contributed by atoms with Crippen molar-refractivity contribution < 1.29 is 23.9 Å². The van der Waals surface area contributed by atoms with Gasteiger partial charge < -0.3 is 14.8 Å². The van der Waals surface area contributed by atoms with Crippen molar-refractivity contribution in [1.82, 2.24) is 5.32 Å². The lowest BCUT2D eigenvalue weighted by Crippen LogP contribution is -2.40. The fourth-order valence-corrected chi connectivity index (χ4v) is 2.42. The van der Waals surface area contributed by atoms with Crippen LogP contribution in [0.5, 0.6) is 0 Å². The summed E-state index contributed by atoms with van der Waals surface area (Å²) in [5.41, 5.74) is 0. The summed E-state index contributed by atoms with van der Waals surface area (Å²) in [7, 11) is 0. The third kappa shape index (κ3) is 3.24. The van der Waals surface area contributed by atoms with Gasteiger partial charge >= 0.3 is 11.9 Å². The Morgan fingerprint density at radius 2 is 1.68 bits per heavy atom. The summed E-state index contributed by atoms with van der Waals surface area (Å²) in [6.07, 6.45) is 0. The number of carbonyl (C=O) groups is 3. The maximum atomic E-state index is 11.9. The van der Waals surface area contributed by atoms with Gasteiger partial charge in [0, 0.05) is 5.92 Å². The minimum absolute atomic E-state index is 0.0252. The van der Waals surface area contributed by atoms with E-state index in [4.69, 9.17) is 9.47 Å². The number of carbonyl (C=O) groups excluding carboxylic acids is 3. The molecule has 0 radical (unpaired) electrons. The highest BCUT2D eigenvalue weighted by molar-refractivity contribution is 6.03. The van der Waals surface area contributed by atoms with Crippen molar-refractivity contribution in [2.45, 2.75) is 33.7 Å². The first-order valence-corrected chi connectivity index (χ1v) is 6.57. The van der Waals surface area contributed by atoms with E-state index in [2.05, 4.69) is 5.32 Å². The van der Waals surface area contributed by atoms with Crippen LogP contribution in [0.25, 0.3) is 0 Å². The molecule has 1 heterocycles. The molecule has 1 amide bonds. The summed E-state index contributed by atoms with van der Waals surface area (Å²) in [6.45, 7) is 7.55. The standard InChI is InChI=1S/C13H21NO5/c1-5-18-12(16)9-8(7(3)4)10(14-11(9)15)13(17)19-6-2/h7-10H,5-6H2,1-4H3,(H,14,15)/t8-,9-,10-/m1/s1. The lowest BCUT2D eigenvalue weighted by Gasteiger charge is -2.23. The molecule has 1 fully saturated rings. The summed E-state index contributed by atoms with van der Waals surface area (Å²) in [5.74, 6) is -2.94. The molecular formula is C13H21NO5. The second-order valence-electron chi connectivity index (χ2n) is 4.79. The molecule has 0 aromatic rings. The van der Waals surface area contributed by atoms with Gasteiger partial charge in [0.25, 0.3) is 0 Å². The van der Waals surface area contributed by atoms with Gasteiger partial charge in [-0.1, -0.05) is 13.8 Å². The van der Waals surface area contributed by atoms with Crippen LogP contribution in [0.2, 0.25) is 0 Å². The lowest BCUT2D eigenvalue weighted by atomic mass is 9.81. The van der Waals surface area contributed by atoms with E-state index in [9.17, 15) is 14.4 Å². The molecule has 0 aromatic carbocycles. The Morgan fingerprint density at radius 1 is 1.16 bits per heavy atom. The minimum atomic E-state index is -0.936. The molecule has 19 heavy (non-hydrogen) atoms. The average molecular weight is 271 g/mol. The van der Waals surface area contributed by atoms with Crippen LogP contribution in [0.4, 0.5) is 0 Å². The van der Waals surface area contributed by atoms with Crippen LogP contribution >= 0.6 is 0 Å². The summed E-state index contributed by atoms with van der Waals surface area (Å²) >= 11 is 0. The summed E-state index contributed by atoms with van der Waals surface area (Å²) in [4.78, 5) is 35.6. The summed E-state index contributed by atoms with van der Waals surface area (Å²) < 4.78 is 9.85. The number of ether oxygens (including phenoxy) is 2. The van der Waals surface area contributed by atoms with Crippen molar-refractivity contribution >= 4 is 17.8 Å². The van der Waals surface area contributed by atoms with Crippen molar-refractivity contribution in [1.29, 1.82) is 0 Å². The quantitative estimate of drug-likeness (QED) is 0.581. The third-order valence-corrected chi connectivity index (χ3v) is 3.20. The fraction of sp³-hybridized carbons (Fsp3) is 0.769. The molecule has 0 unspecified atom stereocenters. The molecule has 6 nitrogen and oxygen atoms in total. The highest BCUT2D eigenvalue weighted by Gasteiger charge is 2.51. The van der Waals surface area contributed by atoms with Crippen LogP contribution in [0.15, 0.2) is 0 Å². The SMILES string of the molecule is CCOC(=O)[C@H]1C(=O)N[C@@H](C(=O)OCC)[C@@H]1C(C)C. The van der Waals surface area contributed by atoms with Crippen LogP contribution < -0.4 is 5.32 Å². The number of hydrogen-bond donors (Lipinski definition) is 1. The second-order valence-corrected chi connectivity index (χ2v) is 4.79. The van der Waals surface area contributed by atoms with Gasteiger partial charge in [0.2, 0.25) is 5.91 Å². The molecule has 0 aromatic heterocycles. The fourth-order valence-electron chi connectivity index (χ4n) is 2.42. The topological polar surface area (TPSA) is 81.7 Å². The number of nitrogens with one attached hydrogen (secondary N) is 1. The number of amides is 1. The van der Waals surface area contributed by atoms with Crippen molar-refractivity contribution in [2.75, 3.05) is 13.2 Å². The Labute approximate surface area is 112 Å². The molecule has 6 heteroatoms. The van der Waals surface area contributed by atoms with E-state index >= 15 is 0 Å². The molecule has 1 rings (SSSR count). The number of hydrogen-bond acceptors (Lipinski definition) is 5. The number of rotatable bonds is 5. The molecule has 0 bridgehead atoms. The lowest BCUT2D eigenvalue weighted by molar-refractivity contribution is -0.153. The zero-order chi connectivity index (χ0) is 14.6. The minimum Gasteiger partial charge on any atom is -0.465 e. The Hall–Kier alpha value is -1.59. The monoisotopic (exact) mass is 271 g/mol. The first kappa shape index (κ1) is 15.5. The van der Waals surface area contributed by atoms with Crippen LogP contribution in [0.3, 0.4) is 0 Å². The predicted molar refractivity (Wildman–Crippen MR) is 67.0 cm³/mol. The van der Waals surface area contributed by atoms with Crippen LogP contribution in [-0.4, -0.2) is 37.1 Å². The zero-order valence-electron chi connectivity index (χ0n) is 11.8. The molecule has 1 saturated heterocycles. The summed E-state index contributed by atoms with van der Waals surface area (Å²) in [6, 6.07) is -0.776. The maximum Gasteiger partial charge on any atom is 0.328 e. The second kappa shape index (κ2) is 6.54. The third-order valence-electron chi connectivity index (χ3n) is 3.20. The van der Waals surface area contributed by atoms with Gasteiger partial charge in [-0.25, -0.2) is 4.79 Å². The van der Waals surface area contributed by atoms with Gasteiger partial charge in [-0.2, -0.15) is 0 Å². The molecule has 0 spiro atoms. The molecule has 1 N–H and O–H groups in total. The predicted octanol–water partition coefficient (Wildman–Crippen LogP) is 0.499. The first-order valence-electron chi connectivity index (χ1n) is 6.57. The van der Waals surface area contributed by atoms with Crippen LogP contribution in [0.1, 0.15) is 27.7 Å². The smallest absolute Gasteiger partial charge is 0.328 e. The molecule has 0 saturated carbocycles. The molecule has 3 atom stereocenters. The highest BCUT2D eigenvalue weighted by atomic mass is 16.5. The van der Waals surface area contributed by atoms with Gasteiger partial charge in [0.1, 0.15) is 12.0 Å². The Balaban J connectivity index is 2.96. The van der Waals surface area contributed by atoms with Crippen LogP contribution in [-0.2, 0) is 23.9 Å². The van der Waals surface area contributed by atoms with Gasteiger partial charge in [-0.05, 0) is 19.8 Å². The van der Waals surface area contributed by atoms with E-state index in [-0.39, 0.29) is 19.1 Å². The number of esters is 2. The van der Waals surface area contributed by atoms with E-state index in [1.165, 1.54) is 0 Å².